The van der Waals surface area contributed by atoms with Gasteiger partial charge >= 0.3 is 11.8 Å². The van der Waals surface area contributed by atoms with Crippen LogP contribution in [0.1, 0.15) is 12.5 Å². The molecule has 0 heterocycles. The van der Waals surface area contributed by atoms with Crippen LogP contribution in [0, 0.1) is 0 Å². The Bertz CT molecular complexity index is 726. The zero-order valence-corrected chi connectivity index (χ0v) is 13.9. The molecule has 0 atom stereocenters. The van der Waals surface area contributed by atoms with Gasteiger partial charge in [0.15, 0.2) is 0 Å². The number of nitrogens with one attached hydrogen (secondary N) is 2. The molecule has 2 amide bonds. The first kappa shape index (κ1) is 17.3. The fraction of sp³-hybridized carbons (Fsp3) is 0.222. The van der Waals surface area contributed by atoms with E-state index in [1.54, 1.807) is 30.3 Å². The standard InChI is InChI=1S/C18H20N2O4/c1-4-12-5-7-13(8-6-12)19-17(21)18(22)20-15-11-14(23-2)9-10-16(15)24-3/h5-11H,4H2,1-3H3,(H,19,21)(H,20,22). The van der Waals surface area contributed by atoms with Crippen molar-refractivity contribution >= 4 is 23.2 Å². The Hall–Kier alpha value is -3.02. The normalized spacial score (nSPS) is 9.96. The smallest absolute Gasteiger partial charge is 0.314 e. The van der Waals surface area contributed by atoms with Gasteiger partial charge in [0.05, 0.1) is 19.9 Å². The van der Waals surface area contributed by atoms with Crippen molar-refractivity contribution in [2.75, 3.05) is 24.9 Å². The van der Waals surface area contributed by atoms with Gasteiger partial charge in [-0.25, -0.2) is 0 Å². The van der Waals surface area contributed by atoms with Crippen molar-refractivity contribution in [3.8, 4) is 11.5 Å². The number of carbonyl (C=O) groups is 2. The molecular weight excluding hydrogens is 308 g/mol. The molecule has 2 aromatic carbocycles. The molecule has 0 unspecified atom stereocenters. The van der Waals surface area contributed by atoms with E-state index in [1.165, 1.54) is 14.2 Å². The molecule has 24 heavy (non-hydrogen) atoms. The maximum atomic E-state index is 12.1. The second kappa shape index (κ2) is 8.01. The van der Waals surface area contributed by atoms with Crippen molar-refractivity contribution in [1.82, 2.24) is 0 Å². The van der Waals surface area contributed by atoms with Gasteiger partial charge in [-0.15, -0.1) is 0 Å². The molecule has 0 aliphatic heterocycles. The Morgan fingerprint density at radius 1 is 0.917 bits per heavy atom. The summed E-state index contributed by atoms with van der Waals surface area (Å²) >= 11 is 0. The minimum atomic E-state index is -0.791. The fourth-order valence-corrected chi connectivity index (χ4v) is 2.10. The highest BCUT2D eigenvalue weighted by molar-refractivity contribution is 6.43. The van der Waals surface area contributed by atoms with Crippen LogP contribution in [0.4, 0.5) is 11.4 Å². The molecule has 2 rings (SSSR count). The third-order valence-electron chi connectivity index (χ3n) is 3.48. The lowest BCUT2D eigenvalue weighted by molar-refractivity contribution is -0.133. The number of amides is 2. The van der Waals surface area contributed by atoms with Crippen LogP contribution < -0.4 is 20.1 Å². The third kappa shape index (κ3) is 4.25. The van der Waals surface area contributed by atoms with E-state index >= 15 is 0 Å². The summed E-state index contributed by atoms with van der Waals surface area (Å²) in [5.41, 5.74) is 2.07. The van der Waals surface area contributed by atoms with E-state index in [4.69, 9.17) is 9.47 Å². The molecule has 0 saturated heterocycles. The minimum absolute atomic E-state index is 0.360. The van der Waals surface area contributed by atoms with Crippen molar-refractivity contribution in [2.24, 2.45) is 0 Å². The number of anilines is 2. The van der Waals surface area contributed by atoms with Gasteiger partial charge in [-0.3, -0.25) is 9.59 Å². The Kier molecular flexibility index (Phi) is 5.78. The van der Waals surface area contributed by atoms with E-state index in [0.717, 1.165) is 12.0 Å². The number of methoxy groups -OCH3 is 2. The first-order chi connectivity index (χ1) is 11.6. The summed E-state index contributed by atoms with van der Waals surface area (Å²) in [5.74, 6) is -0.573. The maximum Gasteiger partial charge on any atom is 0.314 e. The predicted octanol–water partition coefficient (Wildman–Crippen LogP) is 2.84. The van der Waals surface area contributed by atoms with Crippen molar-refractivity contribution in [3.63, 3.8) is 0 Å². The number of carbonyl (C=O) groups excluding carboxylic acids is 2. The molecule has 2 N–H and O–H groups in total. The quantitative estimate of drug-likeness (QED) is 0.828. The summed E-state index contributed by atoms with van der Waals surface area (Å²) in [7, 11) is 2.99. The fourth-order valence-electron chi connectivity index (χ4n) is 2.10. The molecule has 0 radical (unpaired) electrons. The van der Waals surface area contributed by atoms with Gasteiger partial charge in [0, 0.05) is 11.8 Å². The Morgan fingerprint density at radius 3 is 2.17 bits per heavy atom. The molecule has 6 nitrogen and oxygen atoms in total. The second-order valence-corrected chi connectivity index (χ2v) is 5.02. The van der Waals surface area contributed by atoms with Crippen molar-refractivity contribution in [1.29, 1.82) is 0 Å². The summed E-state index contributed by atoms with van der Waals surface area (Å²) in [4.78, 5) is 24.1. The Morgan fingerprint density at radius 2 is 1.58 bits per heavy atom. The predicted molar refractivity (Wildman–Crippen MR) is 92.6 cm³/mol. The van der Waals surface area contributed by atoms with Gasteiger partial charge in [0.2, 0.25) is 0 Å². The number of rotatable bonds is 5. The van der Waals surface area contributed by atoms with E-state index in [2.05, 4.69) is 10.6 Å². The number of aryl methyl sites for hydroxylation is 1. The summed E-state index contributed by atoms with van der Waals surface area (Å²) in [5, 5.41) is 5.08. The summed E-state index contributed by atoms with van der Waals surface area (Å²) in [6.07, 6.45) is 0.907. The molecule has 0 bridgehead atoms. The molecule has 0 spiro atoms. The van der Waals surface area contributed by atoms with E-state index < -0.39 is 11.8 Å². The van der Waals surface area contributed by atoms with Crippen molar-refractivity contribution < 1.29 is 19.1 Å². The van der Waals surface area contributed by atoms with Crippen molar-refractivity contribution in [2.45, 2.75) is 13.3 Å². The van der Waals surface area contributed by atoms with Crippen LogP contribution in [0.25, 0.3) is 0 Å². The lowest BCUT2D eigenvalue weighted by Gasteiger charge is -2.12. The van der Waals surface area contributed by atoms with Crippen LogP contribution in [0.15, 0.2) is 42.5 Å². The highest BCUT2D eigenvalue weighted by Gasteiger charge is 2.16. The second-order valence-electron chi connectivity index (χ2n) is 5.02. The first-order valence-electron chi connectivity index (χ1n) is 7.50. The third-order valence-corrected chi connectivity index (χ3v) is 3.48. The van der Waals surface area contributed by atoms with Gasteiger partial charge in [-0.05, 0) is 36.2 Å². The van der Waals surface area contributed by atoms with Crippen LogP contribution in [0.5, 0.6) is 11.5 Å². The van der Waals surface area contributed by atoms with E-state index in [1.807, 2.05) is 19.1 Å². The Balaban J connectivity index is 2.06. The van der Waals surface area contributed by atoms with Gasteiger partial charge < -0.3 is 20.1 Å². The summed E-state index contributed by atoms with van der Waals surface area (Å²) in [6.45, 7) is 2.04. The number of benzene rings is 2. The zero-order valence-electron chi connectivity index (χ0n) is 13.9. The monoisotopic (exact) mass is 328 g/mol. The van der Waals surface area contributed by atoms with E-state index in [-0.39, 0.29) is 0 Å². The van der Waals surface area contributed by atoms with Crippen LogP contribution in [0.3, 0.4) is 0 Å². The van der Waals surface area contributed by atoms with Gasteiger partial charge in [-0.2, -0.15) is 0 Å². The molecule has 0 aromatic heterocycles. The molecule has 0 fully saturated rings. The molecule has 6 heteroatoms. The summed E-state index contributed by atoms with van der Waals surface area (Å²) in [6, 6.07) is 12.3. The molecule has 126 valence electrons. The highest BCUT2D eigenvalue weighted by Crippen LogP contribution is 2.28. The first-order valence-corrected chi connectivity index (χ1v) is 7.50. The molecular formula is C18H20N2O4. The molecule has 0 aliphatic rings. The summed E-state index contributed by atoms with van der Waals surface area (Å²) < 4.78 is 10.3. The van der Waals surface area contributed by atoms with Gasteiger partial charge in [0.1, 0.15) is 11.5 Å². The van der Waals surface area contributed by atoms with Gasteiger partial charge in [-0.1, -0.05) is 19.1 Å². The van der Waals surface area contributed by atoms with E-state index in [9.17, 15) is 9.59 Å². The number of ether oxygens (including phenoxy) is 2. The van der Waals surface area contributed by atoms with Crippen LogP contribution in [-0.2, 0) is 16.0 Å². The van der Waals surface area contributed by atoms with Crippen LogP contribution in [-0.4, -0.2) is 26.0 Å². The largest absolute Gasteiger partial charge is 0.497 e. The topological polar surface area (TPSA) is 76.7 Å². The average molecular weight is 328 g/mol. The molecule has 0 saturated carbocycles. The maximum absolute atomic E-state index is 12.1. The molecule has 0 aliphatic carbocycles. The van der Waals surface area contributed by atoms with Gasteiger partial charge in [0.25, 0.3) is 0 Å². The lowest BCUT2D eigenvalue weighted by atomic mass is 10.1. The van der Waals surface area contributed by atoms with Crippen LogP contribution >= 0.6 is 0 Å². The number of hydrogen-bond acceptors (Lipinski definition) is 4. The SMILES string of the molecule is CCc1ccc(NC(=O)C(=O)Nc2cc(OC)ccc2OC)cc1. The average Bonchev–Trinajstić information content (AvgIpc) is 2.62. The lowest BCUT2D eigenvalue weighted by Crippen LogP contribution is -2.29. The van der Waals surface area contributed by atoms with Crippen LogP contribution in [0.2, 0.25) is 0 Å². The highest BCUT2D eigenvalue weighted by atomic mass is 16.5. The molecule has 2 aromatic rings. The number of hydrogen-bond donors (Lipinski definition) is 2. The van der Waals surface area contributed by atoms with Crippen molar-refractivity contribution in [3.05, 3.63) is 48.0 Å². The Labute approximate surface area is 140 Å². The zero-order chi connectivity index (χ0) is 17.5. The minimum Gasteiger partial charge on any atom is -0.497 e. The van der Waals surface area contributed by atoms with E-state index in [0.29, 0.717) is 22.9 Å².